The number of rotatable bonds is 4. The maximum Gasteiger partial charge on any atom is 0.246 e. The molecule has 0 spiro atoms. The predicted octanol–water partition coefficient (Wildman–Crippen LogP) is 2.78. The zero-order valence-corrected chi connectivity index (χ0v) is 13.9. The first-order valence-electron chi connectivity index (χ1n) is 7.93. The number of hydrogen-bond acceptors (Lipinski definition) is 4. The molecule has 1 aromatic heterocycles. The Kier molecular flexibility index (Phi) is 4.91. The topological polar surface area (TPSA) is 63.9 Å². The van der Waals surface area contributed by atoms with Gasteiger partial charge in [0.1, 0.15) is 6.54 Å². The number of likely N-dealkylation sites (N-methyl/N-ethyl adjacent to an activating group) is 1. The smallest absolute Gasteiger partial charge is 0.246 e. The Bertz CT molecular complexity index is 681. The summed E-state index contributed by atoms with van der Waals surface area (Å²) < 4.78 is 0. The fourth-order valence-corrected chi connectivity index (χ4v) is 3.15. The first kappa shape index (κ1) is 15.9. The SMILES string of the molecule is CN(C(=O)Cn1nnc(-c2cccc(Cl)c2)n1)C1CCCCC1. The second-order valence-corrected chi connectivity index (χ2v) is 6.39. The van der Waals surface area contributed by atoms with Gasteiger partial charge in [0.2, 0.25) is 11.7 Å². The van der Waals surface area contributed by atoms with Crippen LogP contribution in [0.2, 0.25) is 5.02 Å². The summed E-state index contributed by atoms with van der Waals surface area (Å²) in [7, 11) is 1.87. The number of tetrazole rings is 1. The lowest BCUT2D eigenvalue weighted by Gasteiger charge is -2.31. The molecule has 0 bridgehead atoms. The van der Waals surface area contributed by atoms with Crippen molar-refractivity contribution in [1.29, 1.82) is 0 Å². The van der Waals surface area contributed by atoms with Crippen molar-refractivity contribution in [3.63, 3.8) is 0 Å². The molecular weight excluding hydrogens is 314 g/mol. The van der Waals surface area contributed by atoms with Crippen LogP contribution in [0, 0.1) is 0 Å². The van der Waals surface area contributed by atoms with E-state index in [2.05, 4.69) is 15.4 Å². The van der Waals surface area contributed by atoms with Gasteiger partial charge in [-0.25, -0.2) is 0 Å². The molecule has 0 saturated heterocycles. The van der Waals surface area contributed by atoms with Gasteiger partial charge in [0.15, 0.2) is 0 Å². The Morgan fingerprint density at radius 3 is 2.87 bits per heavy atom. The normalized spacial score (nSPS) is 15.6. The van der Waals surface area contributed by atoms with Gasteiger partial charge in [-0.15, -0.1) is 10.2 Å². The summed E-state index contributed by atoms with van der Waals surface area (Å²) in [6.45, 7) is 0.112. The highest BCUT2D eigenvalue weighted by Crippen LogP contribution is 2.22. The molecule has 6 nitrogen and oxygen atoms in total. The van der Waals surface area contributed by atoms with E-state index < -0.39 is 0 Å². The lowest BCUT2D eigenvalue weighted by Crippen LogP contribution is -2.40. The van der Waals surface area contributed by atoms with E-state index >= 15 is 0 Å². The Balaban J connectivity index is 1.65. The van der Waals surface area contributed by atoms with Crippen molar-refractivity contribution < 1.29 is 4.79 Å². The maximum absolute atomic E-state index is 12.4. The third-order valence-electron chi connectivity index (χ3n) is 4.33. The molecule has 122 valence electrons. The third kappa shape index (κ3) is 3.88. The standard InChI is InChI=1S/C16H20ClN5O/c1-21(14-8-3-2-4-9-14)15(23)11-22-19-16(18-20-22)12-6-5-7-13(17)10-12/h5-7,10,14H,2-4,8-9,11H2,1H3. The van der Waals surface area contributed by atoms with Gasteiger partial charge in [-0.2, -0.15) is 4.80 Å². The molecule has 0 unspecified atom stereocenters. The molecule has 2 aromatic rings. The number of amides is 1. The fraction of sp³-hybridized carbons (Fsp3) is 0.500. The lowest BCUT2D eigenvalue weighted by atomic mass is 9.94. The van der Waals surface area contributed by atoms with Gasteiger partial charge in [0, 0.05) is 23.7 Å². The first-order chi connectivity index (χ1) is 11.1. The molecule has 3 rings (SSSR count). The van der Waals surface area contributed by atoms with Crippen molar-refractivity contribution in [3.8, 4) is 11.4 Å². The number of nitrogens with zero attached hydrogens (tertiary/aromatic N) is 5. The van der Waals surface area contributed by atoms with E-state index in [0.29, 0.717) is 16.9 Å². The molecule has 7 heteroatoms. The van der Waals surface area contributed by atoms with Crippen molar-refractivity contribution in [2.45, 2.75) is 44.7 Å². The third-order valence-corrected chi connectivity index (χ3v) is 4.56. The summed E-state index contributed by atoms with van der Waals surface area (Å²) in [4.78, 5) is 15.6. The fourth-order valence-electron chi connectivity index (χ4n) is 2.96. The van der Waals surface area contributed by atoms with Crippen LogP contribution in [0.4, 0.5) is 0 Å². The zero-order chi connectivity index (χ0) is 16.2. The van der Waals surface area contributed by atoms with Crippen LogP contribution in [-0.2, 0) is 11.3 Å². The van der Waals surface area contributed by atoms with E-state index in [9.17, 15) is 4.79 Å². The largest absolute Gasteiger partial charge is 0.341 e. The average Bonchev–Trinajstić information content (AvgIpc) is 3.03. The van der Waals surface area contributed by atoms with Crippen LogP contribution < -0.4 is 0 Å². The summed E-state index contributed by atoms with van der Waals surface area (Å²) in [5.74, 6) is 0.493. The van der Waals surface area contributed by atoms with Gasteiger partial charge in [0.25, 0.3) is 0 Å². The summed E-state index contributed by atoms with van der Waals surface area (Å²) in [6, 6.07) is 7.60. The first-order valence-corrected chi connectivity index (χ1v) is 8.30. The molecule has 0 atom stereocenters. The minimum Gasteiger partial charge on any atom is -0.341 e. The quantitative estimate of drug-likeness (QED) is 0.863. The maximum atomic E-state index is 12.4. The van der Waals surface area contributed by atoms with E-state index in [0.717, 1.165) is 18.4 Å². The molecule has 0 radical (unpaired) electrons. The van der Waals surface area contributed by atoms with E-state index in [-0.39, 0.29) is 12.5 Å². The molecule has 1 fully saturated rings. The average molecular weight is 334 g/mol. The highest BCUT2D eigenvalue weighted by atomic mass is 35.5. The van der Waals surface area contributed by atoms with E-state index in [4.69, 9.17) is 11.6 Å². The van der Waals surface area contributed by atoms with Gasteiger partial charge >= 0.3 is 0 Å². The Hall–Kier alpha value is -1.95. The van der Waals surface area contributed by atoms with Gasteiger partial charge in [0.05, 0.1) is 0 Å². The lowest BCUT2D eigenvalue weighted by molar-refractivity contribution is -0.133. The van der Waals surface area contributed by atoms with Crippen molar-refractivity contribution in [1.82, 2.24) is 25.1 Å². The van der Waals surface area contributed by atoms with Gasteiger partial charge in [-0.3, -0.25) is 4.79 Å². The number of carbonyl (C=O) groups is 1. The molecule has 23 heavy (non-hydrogen) atoms. The summed E-state index contributed by atoms with van der Waals surface area (Å²) >= 11 is 5.97. The Labute approximate surface area is 140 Å². The molecule has 1 amide bonds. The van der Waals surface area contributed by atoms with E-state index in [1.807, 2.05) is 24.1 Å². The minimum atomic E-state index is 0.0203. The number of aromatic nitrogens is 4. The van der Waals surface area contributed by atoms with Gasteiger partial charge in [-0.1, -0.05) is 43.0 Å². The monoisotopic (exact) mass is 333 g/mol. The van der Waals surface area contributed by atoms with Crippen molar-refractivity contribution in [2.24, 2.45) is 0 Å². The van der Waals surface area contributed by atoms with Crippen LogP contribution >= 0.6 is 11.6 Å². The minimum absolute atomic E-state index is 0.0203. The van der Waals surface area contributed by atoms with Crippen LogP contribution in [-0.4, -0.2) is 44.1 Å². The second kappa shape index (κ2) is 7.08. The highest BCUT2D eigenvalue weighted by Gasteiger charge is 2.22. The van der Waals surface area contributed by atoms with Crippen LogP contribution in [0.25, 0.3) is 11.4 Å². The van der Waals surface area contributed by atoms with Gasteiger partial charge < -0.3 is 4.90 Å². The van der Waals surface area contributed by atoms with Crippen molar-refractivity contribution in [3.05, 3.63) is 29.3 Å². The van der Waals surface area contributed by atoms with E-state index in [1.54, 1.807) is 12.1 Å². The Morgan fingerprint density at radius 2 is 2.13 bits per heavy atom. The second-order valence-electron chi connectivity index (χ2n) is 5.95. The molecule has 0 aliphatic heterocycles. The van der Waals surface area contributed by atoms with Crippen LogP contribution in [0.3, 0.4) is 0 Å². The number of carbonyl (C=O) groups excluding carboxylic acids is 1. The van der Waals surface area contributed by atoms with Crippen molar-refractivity contribution >= 4 is 17.5 Å². The number of benzene rings is 1. The molecule has 1 saturated carbocycles. The Morgan fingerprint density at radius 1 is 1.35 bits per heavy atom. The summed E-state index contributed by atoms with van der Waals surface area (Å²) in [5, 5.41) is 12.9. The summed E-state index contributed by atoms with van der Waals surface area (Å²) in [6.07, 6.45) is 5.83. The molecule has 1 aliphatic rings. The molecular formula is C16H20ClN5O. The van der Waals surface area contributed by atoms with Crippen molar-refractivity contribution in [2.75, 3.05) is 7.05 Å². The summed E-state index contributed by atoms with van der Waals surface area (Å²) in [5.41, 5.74) is 0.789. The van der Waals surface area contributed by atoms with Crippen LogP contribution in [0.15, 0.2) is 24.3 Å². The predicted molar refractivity (Wildman–Crippen MR) is 87.9 cm³/mol. The zero-order valence-electron chi connectivity index (χ0n) is 13.2. The van der Waals surface area contributed by atoms with Crippen LogP contribution in [0.1, 0.15) is 32.1 Å². The van der Waals surface area contributed by atoms with Gasteiger partial charge in [-0.05, 0) is 30.2 Å². The number of halogens is 1. The molecule has 1 aromatic carbocycles. The number of hydrogen-bond donors (Lipinski definition) is 0. The highest BCUT2D eigenvalue weighted by molar-refractivity contribution is 6.30. The molecule has 0 N–H and O–H groups in total. The molecule has 1 heterocycles. The molecule has 1 aliphatic carbocycles. The van der Waals surface area contributed by atoms with E-state index in [1.165, 1.54) is 24.1 Å². The van der Waals surface area contributed by atoms with Crippen LogP contribution in [0.5, 0.6) is 0 Å².